The average Bonchev–Trinajstić information content (AvgIpc) is 3.11. The second-order valence-electron chi connectivity index (χ2n) is 6.08. The van der Waals surface area contributed by atoms with Gasteiger partial charge < -0.3 is 20.2 Å². The first-order chi connectivity index (χ1) is 12.6. The predicted molar refractivity (Wildman–Crippen MR) is 94.4 cm³/mol. The molecule has 1 aliphatic rings. The molecule has 1 atom stereocenters. The van der Waals surface area contributed by atoms with Crippen LogP contribution in [0, 0.1) is 0 Å². The molecule has 26 heavy (non-hydrogen) atoms. The third-order valence-electron chi connectivity index (χ3n) is 4.13. The van der Waals surface area contributed by atoms with Crippen molar-refractivity contribution < 1.29 is 18.7 Å². The van der Waals surface area contributed by atoms with E-state index in [2.05, 4.69) is 25.6 Å². The Morgan fingerprint density at radius 1 is 1.35 bits per heavy atom. The van der Waals surface area contributed by atoms with Crippen molar-refractivity contribution in [3.63, 3.8) is 0 Å². The van der Waals surface area contributed by atoms with Crippen LogP contribution in [0.4, 0.5) is 16.2 Å². The lowest BCUT2D eigenvalue weighted by Crippen LogP contribution is -2.14. The third kappa shape index (κ3) is 4.17. The van der Waals surface area contributed by atoms with Crippen molar-refractivity contribution in [2.24, 2.45) is 5.73 Å². The lowest BCUT2D eigenvalue weighted by Gasteiger charge is -2.11. The second-order valence-corrected chi connectivity index (χ2v) is 6.08. The van der Waals surface area contributed by atoms with Crippen molar-refractivity contribution >= 4 is 23.4 Å². The molecule has 1 aromatic heterocycles. The van der Waals surface area contributed by atoms with Gasteiger partial charge in [0, 0.05) is 12.1 Å². The fourth-order valence-corrected chi connectivity index (χ4v) is 2.74. The van der Waals surface area contributed by atoms with Gasteiger partial charge in [0.05, 0.1) is 24.4 Å². The highest BCUT2D eigenvalue weighted by atomic mass is 16.5. The summed E-state index contributed by atoms with van der Waals surface area (Å²) in [6, 6.07) is 4.63. The minimum absolute atomic E-state index is 0.121. The number of carbonyl (C=O) groups is 2. The Balaban J connectivity index is 1.98. The van der Waals surface area contributed by atoms with E-state index in [0.717, 1.165) is 25.7 Å². The monoisotopic (exact) mass is 359 g/mol. The zero-order valence-electron chi connectivity index (χ0n) is 14.4. The van der Waals surface area contributed by atoms with Gasteiger partial charge in [-0.15, -0.1) is 10.2 Å². The topological polar surface area (TPSA) is 132 Å². The molecule has 3 rings (SSSR count). The SMILES string of the molecule is COC(=O)Nc1ccc2c(c1)NC(=O)CCCCC[C@H](N)c1nnc-2o1. The summed E-state index contributed by atoms with van der Waals surface area (Å²) in [6.45, 7) is 0. The second kappa shape index (κ2) is 7.96. The molecular formula is C17H21N5O4. The van der Waals surface area contributed by atoms with Crippen molar-refractivity contribution in [2.75, 3.05) is 17.7 Å². The van der Waals surface area contributed by atoms with E-state index in [1.165, 1.54) is 7.11 Å². The first-order valence-electron chi connectivity index (χ1n) is 8.45. The number of fused-ring (bicyclic) bond motifs is 4. The molecule has 9 nitrogen and oxygen atoms in total. The van der Waals surface area contributed by atoms with Crippen molar-refractivity contribution in [2.45, 2.75) is 38.1 Å². The molecule has 0 spiro atoms. The normalized spacial score (nSPS) is 17.8. The fourth-order valence-electron chi connectivity index (χ4n) is 2.74. The number of carbonyl (C=O) groups excluding carboxylic acids is 2. The van der Waals surface area contributed by atoms with E-state index in [1.807, 2.05) is 0 Å². The maximum Gasteiger partial charge on any atom is 0.411 e. The minimum atomic E-state index is -0.605. The minimum Gasteiger partial charge on any atom is -0.453 e. The Morgan fingerprint density at radius 3 is 3.00 bits per heavy atom. The average molecular weight is 359 g/mol. The molecule has 0 saturated heterocycles. The first-order valence-corrected chi connectivity index (χ1v) is 8.45. The van der Waals surface area contributed by atoms with Crippen LogP contribution in [0.1, 0.15) is 44.0 Å². The van der Waals surface area contributed by atoms with Gasteiger partial charge in [-0.3, -0.25) is 10.1 Å². The maximum absolute atomic E-state index is 12.2. The van der Waals surface area contributed by atoms with Crippen LogP contribution in [0.5, 0.6) is 0 Å². The number of hydrogen-bond donors (Lipinski definition) is 3. The Labute approximate surface area is 150 Å². The molecule has 0 fully saturated rings. The van der Waals surface area contributed by atoms with Gasteiger partial charge in [-0.1, -0.05) is 12.8 Å². The van der Waals surface area contributed by atoms with Crippen LogP contribution in [0.25, 0.3) is 11.5 Å². The highest BCUT2D eigenvalue weighted by Crippen LogP contribution is 2.32. The van der Waals surface area contributed by atoms with E-state index in [9.17, 15) is 9.59 Å². The summed E-state index contributed by atoms with van der Waals surface area (Å²) in [5, 5.41) is 13.5. The number of nitrogens with one attached hydrogen (secondary N) is 2. The van der Waals surface area contributed by atoms with E-state index in [-0.39, 0.29) is 17.8 Å². The van der Waals surface area contributed by atoms with Gasteiger partial charge in [-0.2, -0.15) is 0 Å². The summed E-state index contributed by atoms with van der Waals surface area (Å²) < 4.78 is 10.3. The van der Waals surface area contributed by atoms with E-state index < -0.39 is 6.09 Å². The molecule has 2 bridgehead atoms. The third-order valence-corrected chi connectivity index (χ3v) is 4.13. The summed E-state index contributed by atoms with van der Waals surface area (Å²) in [6.07, 6.45) is 3.05. The van der Waals surface area contributed by atoms with E-state index in [4.69, 9.17) is 10.2 Å². The number of anilines is 2. The molecule has 1 aromatic carbocycles. The largest absolute Gasteiger partial charge is 0.453 e. The van der Waals surface area contributed by atoms with Crippen molar-refractivity contribution in [1.29, 1.82) is 0 Å². The van der Waals surface area contributed by atoms with Gasteiger partial charge in [-0.25, -0.2) is 4.79 Å². The molecule has 1 aliphatic heterocycles. The lowest BCUT2D eigenvalue weighted by molar-refractivity contribution is -0.116. The molecule has 2 heterocycles. The number of aromatic nitrogens is 2. The number of benzene rings is 1. The number of hydrogen-bond acceptors (Lipinski definition) is 7. The van der Waals surface area contributed by atoms with Crippen LogP contribution < -0.4 is 16.4 Å². The molecule has 2 amide bonds. The fraction of sp³-hybridized carbons (Fsp3) is 0.412. The van der Waals surface area contributed by atoms with Crippen LogP contribution in [-0.2, 0) is 9.53 Å². The number of nitrogens with two attached hydrogens (primary N) is 1. The van der Waals surface area contributed by atoms with Crippen LogP contribution in [0.3, 0.4) is 0 Å². The van der Waals surface area contributed by atoms with Gasteiger partial charge >= 0.3 is 6.09 Å². The highest BCUT2D eigenvalue weighted by Gasteiger charge is 2.19. The summed E-state index contributed by atoms with van der Waals surface area (Å²) in [5.41, 5.74) is 7.59. The van der Waals surface area contributed by atoms with E-state index in [0.29, 0.717) is 29.2 Å². The first kappa shape index (κ1) is 17.9. The Kier molecular flexibility index (Phi) is 5.47. The molecule has 0 radical (unpaired) electrons. The Bertz CT molecular complexity index is 804. The maximum atomic E-state index is 12.2. The molecule has 2 aromatic rings. The predicted octanol–water partition coefficient (Wildman–Crippen LogP) is 2.82. The van der Waals surface area contributed by atoms with Gasteiger partial charge in [0.2, 0.25) is 17.7 Å². The smallest absolute Gasteiger partial charge is 0.411 e. The molecule has 0 aliphatic carbocycles. The summed E-state index contributed by atoms with van der Waals surface area (Å²) in [5.74, 6) is 0.507. The summed E-state index contributed by atoms with van der Waals surface area (Å²) >= 11 is 0. The molecule has 4 N–H and O–H groups in total. The number of ether oxygens (including phenoxy) is 1. The molecule has 138 valence electrons. The van der Waals surface area contributed by atoms with E-state index in [1.54, 1.807) is 18.2 Å². The van der Waals surface area contributed by atoms with Gasteiger partial charge in [0.1, 0.15) is 0 Å². The quantitative estimate of drug-likeness (QED) is 0.713. The van der Waals surface area contributed by atoms with Crippen LogP contribution in [0.15, 0.2) is 22.6 Å². The van der Waals surface area contributed by atoms with Crippen LogP contribution in [0.2, 0.25) is 0 Å². The van der Waals surface area contributed by atoms with Crippen LogP contribution >= 0.6 is 0 Å². The zero-order chi connectivity index (χ0) is 18.5. The molecule has 0 saturated carbocycles. The van der Waals surface area contributed by atoms with Crippen molar-refractivity contribution in [3.05, 3.63) is 24.1 Å². The summed E-state index contributed by atoms with van der Waals surface area (Å²) in [7, 11) is 1.27. The zero-order valence-corrected chi connectivity index (χ0v) is 14.4. The number of methoxy groups -OCH3 is 1. The summed E-state index contributed by atoms with van der Waals surface area (Å²) in [4.78, 5) is 23.7. The number of amides is 2. The van der Waals surface area contributed by atoms with Crippen LogP contribution in [-0.4, -0.2) is 29.3 Å². The molecule has 9 heteroatoms. The van der Waals surface area contributed by atoms with Gasteiger partial charge in [0.15, 0.2) is 0 Å². The highest BCUT2D eigenvalue weighted by molar-refractivity contribution is 5.96. The number of nitrogens with zero attached hydrogens (tertiary/aromatic N) is 2. The van der Waals surface area contributed by atoms with Crippen molar-refractivity contribution in [3.8, 4) is 11.5 Å². The number of rotatable bonds is 1. The lowest BCUT2D eigenvalue weighted by atomic mass is 10.1. The van der Waals surface area contributed by atoms with E-state index >= 15 is 0 Å². The standard InChI is InChI=1S/C17H21N5O4/c1-25-17(24)19-10-7-8-11-13(9-10)20-14(23)6-4-2-3-5-12(18)16-22-21-15(11)26-16/h7-9,12H,2-6,18H2,1H3,(H,19,24)(H,20,23)/t12-/m0/s1. The van der Waals surface area contributed by atoms with Gasteiger partial charge in [-0.05, 0) is 31.0 Å². The van der Waals surface area contributed by atoms with Crippen molar-refractivity contribution in [1.82, 2.24) is 10.2 Å². The molecule has 0 unspecified atom stereocenters. The van der Waals surface area contributed by atoms with Gasteiger partial charge in [0.25, 0.3) is 0 Å². The molecular weight excluding hydrogens is 338 g/mol. The Morgan fingerprint density at radius 2 is 2.19 bits per heavy atom. The Hall–Kier alpha value is -2.94.